The van der Waals surface area contributed by atoms with Gasteiger partial charge in [-0.05, 0) is 67.4 Å². The lowest BCUT2D eigenvalue weighted by Crippen LogP contribution is -2.31. The molecule has 6 rings (SSSR count). The first-order chi connectivity index (χ1) is 20.4. The summed E-state index contributed by atoms with van der Waals surface area (Å²) in [5.74, 6) is 3.47. The predicted octanol–water partition coefficient (Wildman–Crippen LogP) is 7.14. The maximum atomic E-state index is 15.8. The third-order valence-corrected chi connectivity index (χ3v) is 14.2. The van der Waals surface area contributed by atoms with Crippen LogP contribution in [0.4, 0.5) is 0 Å². The first-order valence-electron chi connectivity index (χ1n) is 14.6. The Labute approximate surface area is 249 Å². The Balaban J connectivity index is 1.70. The van der Waals surface area contributed by atoms with E-state index >= 15 is 4.57 Å². The summed E-state index contributed by atoms with van der Waals surface area (Å²) in [6.45, 7) is 4.24. The van der Waals surface area contributed by atoms with E-state index in [0.29, 0.717) is 10.6 Å². The van der Waals surface area contributed by atoms with E-state index in [1.165, 1.54) is 11.1 Å². The molecule has 1 aliphatic rings. The van der Waals surface area contributed by atoms with Crippen LogP contribution in [0.3, 0.4) is 0 Å². The summed E-state index contributed by atoms with van der Waals surface area (Å²) in [6.07, 6.45) is 4.20. The number of benzene rings is 5. The van der Waals surface area contributed by atoms with E-state index in [1.54, 1.807) is 0 Å². The Hall–Kier alpha value is -3.88. The van der Waals surface area contributed by atoms with Crippen LogP contribution in [0.1, 0.15) is 40.7 Å². The molecule has 0 saturated heterocycles. The number of hydrogen-bond donors (Lipinski definition) is 0. The summed E-state index contributed by atoms with van der Waals surface area (Å²) in [7, 11) is -6.66. The summed E-state index contributed by atoms with van der Waals surface area (Å²) in [5.41, 5.74) is 8.83. The van der Waals surface area contributed by atoms with Gasteiger partial charge in [0.15, 0.2) is 7.14 Å². The van der Waals surface area contributed by atoms with E-state index < -0.39 is 14.3 Å². The number of fused-ring (bicyclic) bond motifs is 1. The standard InChI is InChI=1S/C38H34O2P2/c1-29-35-25-15-16-26-36(35)30(2)38(42(40,33-21-11-5-12-22-33)34-23-13-6-14-24-34)37(29)27-28-41(39,31-17-7-3-8-18-31)32-19-9-4-10-20-32/h3-14,17-24H,15-16,25-26H2,1-2H3. The lowest BCUT2D eigenvalue weighted by Gasteiger charge is -2.29. The van der Waals surface area contributed by atoms with E-state index in [-0.39, 0.29) is 0 Å². The zero-order valence-electron chi connectivity index (χ0n) is 24.1. The van der Waals surface area contributed by atoms with Crippen molar-refractivity contribution < 1.29 is 9.13 Å². The van der Waals surface area contributed by atoms with Crippen LogP contribution in [0.5, 0.6) is 0 Å². The monoisotopic (exact) mass is 584 g/mol. The minimum Gasteiger partial charge on any atom is -0.309 e. The smallest absolute Gasteiger partial charge is 0.211 e. The fourth-order valence-electron chi connectivity index (χ4n) is 6.31. The van der Waals surface area contributed by atoms with Crippen molar-refractivity contribution >= 4 is 40.8 Å². The van der Waals surface area contributed by atoms with Gasteiger partial charge in [-0.15, -0.1) is 0 Å². The Morgan fingerprint density at radius 3 is 1.33 bits per heavy atom. The van der Waals surface area contributed by atoms with Gasteiger partial charge >= 0.3 is 0 Å². The molecule has 0 amide bonds. The van der Waals surface area contributed by atoms with Crippen LogP contribution in [-0.4, -0.2) is 0 Å². The molecule has 1 aliphatic carbocycles. The zero-order chi connectivity index (χ0) is 29.2. The van der Waals surface area contributed by atoms with Gasteiger partial charge in [-0.3, -0.25) is 4.57 Å². The fraction of sp³-hybridized carbons (Fsp3) is 0.158. The third kappa shape index (κ3) is 4.92. The van der Waals surface area contributed by atoms with Crippen LogP contribution in [-0.2, 0) is 22.0 Å². The van der Waals surface area contributed by atoms with Crippen molar-refractivity contribution in [1.82, 2.24) is 0 Å². The van der Waals surface area contributed by atoms with Gasteiger partial charge in [0.05, 0.1) is 0 Å². The molecule has 0 N–H and O–H groups in total. The first kappa shape index (κ1) is 28.2. The Kier molecular flexibility index (Phi) is 7.92. The zero-order valence-corrected chi connectivity index (χ0v) is 25.9. The number of rotatable bonds is 5. The molecule has 0 radical (unpaired) electrons. The van der Waals surface area contributed by atoms with Crippen molar-refractivity contribution in [2.24, 2.45) is 0 Å². The summed E-state index contributed by atoms with van der Waals surface area (Å²) in [5, 5.41) is 3.76. The van der Waals surface area contributed by atoms with Crippen molar-refractivity contribution in [3.05, 3.63) is 149 Å². The molecule has 0 atom stereocenters. The second-order valence-electron chi connectivity index (χ2n) is 10.9. The number of hydrogen-bond acceptors (Lipinski definition) is 2. The molecular formula is C38H34O2P2. The molecule has 0 unspecified atom stereocenters. The van der Waals surface area contributed by atoms with Crippen LogP contribution in [0, 0.1) is 25.4 Å². The van der Waals surface area contributed by atoms with E-state index in [4.69, 9.17) is 0 Å². The SMILES string of the molecule is Cc1c(C#CP(=O)(c2ccccc2)c2ccccc2)c(P(=O)(c2ccccc2)c2ccccc2)c(C)c2c1CCCC2. The van der Waals surface area contributed by atoms with Gasteiger partial charge < -0.3 is 4.57 Å². The third-order valence-electron chi connectivity index (χ3n) is 8.47. The molecule has 0 saturated carbocycles. The van der Waals surface area contributed by atoms with Gasteiger partial charge in [0, 0.05) is 32.1 Å². The molecule has 5 aromatic carbocycles. The van der Waals surface area contributed by atoms with Crippen LogP contribution in [0.25, 0.3) is 0 Å². The molecule has 2 nitrogen and oxygen atoms in total. The summed E-state index contributed by atoms with van der Waals surface area (Å²) in [4.78, 5) is 0. The highest BCUT2D eigenvalue weighted by Gasteiger charge is 2.36. The average molecular weight is 585 g/mol. The molecule has 42 heavy (non-hydrogen) atoms. The van der Waals surface area contributed by atoms with Crippen LogP contribution >= 0.6 is 14.3 Å². The second kappa shape index (κ2) is 11.8. The normalized spacial score (nSPS) is 13.1. The van der Waals surface area contributed by atoms with Gasteiger partial charge in [0.1, 0.15) is 0 Å². The van der Waals surface area contributed by atoms with Crippen molar-refractivity contribution in [2.45, 2.75) is 39.5 Å². The molecule has 0 aromatic heterocycles. The first-order valence-corrected chi connectivity index (χ1v) is 18.0. The Morgan fingerprint density at radius 1 is 0.524 bits per heavy atom. The Bertz CT molecular complexity index is 1800. The fourth-order valence-corrected chi connectivity index (χ4v) is 11.5. The largest absolute Gasteiger partial charge is 0.309 e. The topological polar surface area (TPSA) is 34.1 Å². The van der Waals surface area contributed by atoms with Crippen molar-refractivity contribution in [3.63, 3.8) is 0 Å². The van der Waals surface area contributed by atoms with Crippen LogP contribution in [0.15, 0.2) is 121 Å². The molecule has 5 aromatic rings. The predicted molar refractivity (Wildman–Crippen MR) is 179 cm³/mol. The van der Waals surface area contributed by atoms with E-state index in [1.807, 2.05) is 121 Å². The van der Waals surface area contributed by atoms with Gasteiger partial charge in [-0.1, -0.05) is 127 Å². The van der Waals surface area contributed by atoms with Crippen LogP contribution < -0.4 is 26.5 Å². The maximum Gasteiger partial charge on any atom is 0.211 e. The van der Waals surface area contributed by atoms with Gasteiger partial charge in [0.2, 0.25) is 7.14 Å². The van der Waals surface area contributed by atoms with E-state index in [9.17, 15) is 4.57 Å². The quantitative estimate of drug-likeness (QED) is 0.163. The lowest BCUT2D eigenvalue weighted by molar-refractivity contribution is 0.591. The summed E-state index contributed by atoms with van der Waals surface area (Å²) in [6, 6.07) is 38.7. The highest BCUT2D eigenvalue weighted by molar-refractivity contribution is 7.85. The molecule has 208 valence electrons. The highest BCUT2D eigenvalue weighted by atomic mass is 31.2. The molecule has 0 heterocycles. The van der Waals surface area contributed by atoms with E-state index in [0.717, 1.165) is 58.3 Å². The lowest BCUT2D eigenvalue weighted by atomic mass is 9.83. The molecule has 4 heteroatoms. The molecule has 0 aliphatic heterocycles. The summed E-state index contributed by atoms with van der Waals surface area (Å²) < 4.78 is 30.8. The van der Waals surface area contributed by atoms with Crippen LogP contribution in [0.2, 0.25) is 0 Å². The van der Waals surface area contributed by atoms with Gasteiger partial charge in [-0.2, -0.15) is 0 Å². The minimum absolute atomic E-state index is 0.701. The van der Waals surface area contributed by atoms with Crippen molar-refractivity contribution in [2.75, 3.05) is 0 Å². The Morgan fingerprint density at radius 2 is 0.905 bits per heavy atom. The van der Waals surface area contributed by atoms with Gasteiger partial charge in [-0.25, -0.2) is 0 Å². The van der Waals surface area contributed by atoms with Crippen molar-refractivity contribution in [3.8, 4) is 11.6 Å². The minimum atomic E-state index is -3.34. The second-order valence-corrected chi connectivity index (χ2v) is 16.1. The highest BCUT2D eigenvalue weighted by Crippen LogP contribution is 2.47. The van der Waals surface area contributed by atoms with Crippen molar-refractivity contribution in [1.29, 1.82) is 0 Å². The molecule has 0 fully saturated rings. The maximum absolute atomic E-state index is 15.8. The molecule has 0 bridgehead atoms. The van der Waals surface area contributed by atoms with E-state index in [2.05, 4.69) is 25.4 Å². The van der Waals surface area contributed by atoms with Gasteiger partial charge in [0.25, 0.3) is 0 Å². The summed E-state index contributed by atoms with van der Waals surface area (Å²) >= 11 is 0. The average Bonchev–Trinajstić information content (AvgIpc) is 3.07. The molecule has 0 spiro atoms. The molecular weight excluding hydrogens is 550 g/mol.